The molecule has 2 aliphatic rings. The molecule has 5 nitrogen and oxygen atoms in total. The second kappa shape index (κ2) is 3.33. The number of hydrogen-bond acceptors (Lipinski definition) is 4. The average Bonchev–Trinajstić information content (AvgIpc) is 2.65. The van der Waals surface area contributed by atoms with Crippen LogP contribution in [0.5, 0.6) is 0 Å². The summed E-state index contributed by atoms with van der Waals surface area (Å²) in [4.78, 5) is 26.3. The Morgan fingerprint density at radius 3 is 2.21 bits per heavy atom. The van der Waals surface area contributed by atoms with Crippen LogP contribution >= 0.6 is 0 Å². The summed E-state index contributed by atoms with van der Waals surface area (Å²) < 4.78 is 0. The fraction of sp³-hybridized carbons (Fsp3) is 0.778. The largest absolute Gasteiger partial charge is 0.395 e. The second-order valence-electron chi connectivity index (χ2n) is 3.93. The van der Waals surface area contributed by atoms with E-state index < -0.39 is 0 Å². The second-order valence-corrected chi connectivity index (χ2v) is 3.93. The number of imide groups is 1. The van der Waals surface area contributed by atoms with E-state index in [1.165, 1.54) is 4.90 Å². The molecule has 2 atom stereocenters. The van der Waals surface area contributed by atoms with E-state index in [9.17, 15) is 9.59 Å². The van der Waals surface area contributed by atoms with Gasteiger partial charge in [-0.05, 0) is 0 Å². The number of likely N-dealkylation sites (tertiary alicyclic amines) is 2. The number of aliphatic hydroxyl groups is 1. The maximum Gasteiger partial charge on any atom is 0.234 e. The van der Waals surface area contributed by atoms with E-state index in [-0.39, 0.29) is 30.3 Å². The minimum atomic E-state index is -0.168. The third-order valence-corrected chi connectivity index (χ3v) is 3.11. The van der Waals surface area contributed by atoms with Gasteiger partial charge in [0.15, 0.2) is 0 Å². The highest BCUT2D eigenvalue weighted by Gasteiger charge is 2.50. The SMILES string of the molecule is CN1C(=O)[C@@H]2CN(CCO)C[C@H]2C1=O. The Labute approximate surface area is 82.3 Å². The van der Waals surface area contributed by atoms with Crippen molar-refractivity contribution in [1.82, 2.24) is 9.80 Å². The zero-order valence-corrected chi connectivity index (χ0v) is 8.14. The van der Waals surface area contributed by atoms with Crippen molar-refractivity contribution < 1.29 is 14.7 Å². The van der Waals surface area contributed by atoms with E-state index in [1.807, 2.05) is 4.90 Å². The highest BCUT2D eigenvalue weighted by molar-refractivity contribution is 6.05. The maximum atomic E-state index is 11.6. The van der Waals surface area contributed by atoms with Crippen molar-refractivity contribution in [1.29, 1.82) is 0 Å². The Hall–Kier alpha value is -0.940. The molecule has 0 aromatic rings. The lowest BCUT2D eigenvalue weighted by Crippen LogP contribution is -2.34. The summed E-state index contributed by atoms with van der Waals surface area (Å²) in [5, 5.41) is 8.75. The first-order chi connectivity index (χ1) is 6.65. The smallest absolute Gasteiger partial charge is 0.234 e. The lowest BCUT2D eigenvalue weighted by Gasteiger charge is -2.16. The Kier molecular flexibility index (Phi) is 2.28. The van der Waals surface area contributed by atoms with E-state index in [0.29, 0.717) is 19.6 Å². The molecule has 0 unspecified atom stereocenters. The Morgan fingerprint density at radius 1 is 1.29 bits per heavy atom. The van der Waals surface area contributed by atoms with Gasteiger partial charge in [-0.3, -0.25) is 19.4 Å². The zero-order chi connectivity index (χ0) is 10.3. The molecule has 78 valence electrons. The number of carbonyl (C=O) groups excluding carboxylic acids is 2. The molecule has 2 fully saturated rings. The lowest BCUT2D eigenvalue weighted by atomic mass is 10.00. The van der Waals surface area contributed by atoms with Gasteiger partial charge in [0.1, 0.15) is 0 Å². The van der Waals surface area contributed by atoms with Crippen LogP contribution in [0.25, 0.3) is 0 Å². The van der Waals surface area contributed by atoms with Gasteiger partial charge in [-0.2, -0.15) is 0 Å². The quantitative estimate of drug-likeness (QED) is 0.550. The number of amides is 2. The molecule has 0 radical (unpaired) electrons. The highest BCUT2D eigenvalue weighted by atomic mass is 16.3. The van der Waals surface area contributed by atoms with Gasteiger partial charge >= 0.3 is 0 Å². The molecule has 2 heterocycles. The predicted octanol–water partition coefficient (Wildman–Crippen LogP) is -1.47. The molecule has 0 aromatic carbocycles. The van der Waals surface area contributed by atoms with E-state index in [1.54, 1.807) is 7.05 Å². The predicted molar refractivity (Wildman–Crippen MR) is 48.3 cm³/mol. The zero-order valence-electron chi connectivity index (χ0n) is 8.14. The first-order valence-corrected chi connectivity index (χ1v) is 4.79. The number of rotatable bonds is 2. The van der Waals surface area contributed by atoms with Crippen LogP contribution < -0.4 is 0 Å². The van der Waals surface area contributed by atoms with Crippen molar-refractivity contribution in [2.24, 2.45) is 11.8 Å². The molecule has 0 spiro atoms. The van der Waals surface area contributed by atoms with Gasteiger partial charge in [0.25, 0.3) is 0 Å². The van der Waals surface area contributed by atoms with Crippen LogP contribution in [0, 0.1) is 11.8 Å². The molecule has 2 saturated heterocycles. The van der Waals surface area contributed by atoms with Gasteiger partial charge < -0.3 is 5.11 Å². The van der Waals surface area contributed by atoms with Gasteiger partial charge in [0, 0.05) is 26.7 Å². The number of fused-ring (bicyclic) bond motifs is 1. The molecule has 2 rings (SSSR count). The van der Waals surface area contributed by atoms with Crippen molar-refractivity contribution in [3.63, 3.8) is 0 Å². The Bertz CT molecular complexity index is 255. The summed E-state index contributed by atoms with van der Waals surface area (Å²) in [6.07, 6.45) is 0. The summed E-state index contributed by atoms with van der Waals surface area (Å²) >= 11 is 0. The fourth-order valence-corrected chi connectivity index (χ4v) is 2.32. The van der Waals surface area contributed by atoms with E-state index in [2.05, 4.69) is 0 Å². The number of carbonyl (C=O) groups is 2. The van der Waals surface area contributed by atoms with E-state index in [4.69, 9.17) is 5.11 Å². The number of nitrogens with zero attached hydrogens (tertiary/aromatic N) is 2. The van der Waals surface area contributed by atoms with Crippen LogP contribution in [-0.4, -0.2) is 60.0 Å². The van der Waals surface area contributed by atoms with Gasteiger partial charge in [0.05, 0.1) is 18.4 Å². The van der Waals surface area contributed by atoms with Gasteiger partial charge in [-0.1, -0.05) is 0 Å². The first kappa shape index (κ1) is 9.61. The van der Waals surface area contributed by atoms with Crippen LogP contribution in [0.15, 0.2) is 0 Å². The maximum absolute atomic E-state index is 11.6. The lowest BCUT2D eigenvalue weighted by molar-refractivity contribution is -0.138. The van der Waals surface area contributed by atoms with Crippen LogP contribution in [0.4, 0.5) is 0 Å². The normalized spacial score (nSPS) is 32.9. The first-order valence-electron chi connectivity index (χ1n) is 4.79. The highest BCUT2D eigenvalue weighted by Crippen LogP contribution is 2.31. The summed E-state index contributed by atoms with van der Waals surface area (Å²) in [5.41, 5.74) is 0. The van der Waals surface area contributed by atoms with Crippen molar-refractivity contribution in [2.45, 2.75) is 0 Å². The molecule has 2 aliphatic heterocycles. The molecule has 2 amide bonds. The fourth-order valence-electron chi connectivity index (χ4n) is 2.32. The molecule has 14 heavy (non-hydrogen) atoms. The van der Waals surface area contributed by atoms with Crippen molar-refractivity contribution in [2.75, 3.05) is 33.3 Å². The van der Waals surface area contributed by atoms with Crippen LogP contribution in [0.1, 0.15) is 0 Å². The molecular weight excluding hydrogens is 184 g/mol. The van der Waals surface area contributed by atoms with Crippen LogP contribution in [0.2, 0.25) is 0 Å². The number of hydrogen-bond donors (Lipinski definition) is 1. The molecule has 0 saturated carbocycles. The van der Waals surface area contributed by atoms with E-state index in [0.717, 1.165) is 0 Å². The monoisotopic (exact) mass is 198 g/mol. The van der Waals surface area contributed by atoms with Gasteiger partial charge in [0.2, 0.25) is 11.8 Å². The summed E-state index contributed by atoms with van der Waals surface area (Å²) in [6.45, 7) is 1.86. The minimum absolute atomic E-state index is 0.0690. The minimum Gasteiger partial charge on any atom is -0.395 e. The third-order valence-electron chi connectivity index (χ3n) is 3.11. The van der Waals surface area contributed by atoms with Gasteiger partial charge in [-0.15, -0.1) is 0 Å². The molecule has 1 N–H and O–H groups in total. The standard InChI is InChI=1S/C9H14N2O3/c1-10-8(13)6-4-11(2-3-12)5-7(6)9(10)14/h6-7,12H,2-5H2,1H3/t6-,7-/m1/s1. The number of β-amino-alcohol motifs (C(OH)–C–C–N with tert-alkyl or cyclic N) is 1. The van der Waals surface area contributed by atoms with Crippen molar-refractivity contribution >= 4 is 11.8 Å². The summed E-state index contributed by atoms with van der Waals surface area (Å²) in [7, 11) is 1.54. The van der Waals surface area contributed by atoms with E-state index >= 15 is 0 Å². The topological polar surface area (TPSA) is 60.9 Å². The Morgan fingerprint density at radius 2 is 1.79 bits per heavy atom. The summed E-state index contributed by atoms with van der Waals surface area (Å²) in [6, 6.07) is 0. The third kappa shape index (κ3) is 1.24. The van der Waals surface area contributed by atoms with Crippen molar-refractivity contribution in [3.05, 3.63) is 0 Å². The molecule has 0 bridgehead atoms. The molecule has 0 aliphatic carbocycles. The van der Waals surface area contributed by atoms with Crippen LogP contribution in [0.3, 0.4) is 0 Å². The Balaban J connectivity index is 2.09. The number of aliphatic hydroxyl groups excluding tert-OH is 1. The molecule has 0 aromatic heterocycles. The average molecular weight is 198 g/mol. The van der Waals surface area contributed by atoms with Crippen LogP contribution in [-0.2, 0) is 9.59 Å². The van der Waals surface area contributed by atoms with Crippen molar-refractivity contribution in [3.8, 4) is 0 Å². The van der Waals surface area contributed by atoms with Gasteiger partial charge in [-0.25, -0.2) is 0 Å². The summed E-state index contributed by atoms with van der Waals surface area (Å²) in [5.74, 6) is -0.473. The molecular formula is C9H14N2O3. The molecule has 5 heteroatoms.